The molecule has 0 aromatic carbocycles. The molecular weight excluding hydrogens is 159 g/mol. The smallest absolute Gasteiger partial charge is 0.347 e. The topological polar surface area (TPSA) is 29.1 Å². The molecule has 2 nitrogen and oxygen atoms in total. The average molecular weight is 171 g/mol. The molecule has 0 saturated carbocycles. The summed E-state index contributed by atoms with van der Waals surface area (Å²) in [7, 11) is 0. The molecule has 0 unspecified atom stereocenters. The minimum absolute atomic E-state index is 0. The van der Waals surface area contributed by atoms with Crippen molar-refractivity contribution in [2.45, 2.75) is 20.0 Å². The van der Waals surface area contributed by atoms with E-state index in [-0.39, 0.29) is 1.43 Å². The van der Waals surface area contributed by atoms with Gasteiger partial charge in [0.05, 0.1) is 0 Å². The fourth-order valence-corrected chi connectivity index (χ4v) is 0.391. The van der Waals surface area contributed by atoms with E-state index in [1.807, 2.05) is 0 Å². The predicted molar refractivity (Wildman–Crippen MR) is 36.0 cm³/mol. The zero-order valence-electron chi connectivity index (χ0n) is 6.33. The van der Waals surface area contributed by atoms with Crippen molar-refractivity contribution in [1.82, 2.24) is 5.32 Å². The average Bonchev–Trinajstić information content (AvgIpc) is 1.80. The Morgan fingerprint density at radius 1 is 1.55 bits per heavy atom. The maximum absolute atomic E-state index is 11.5. The SMILES string of the molecule is CC(C)C(=O)NCC(F)(F)F.[HH]. The van der Waals surface area contributed by atoms with Gasteiger partial charge in [0, 0.05) is 7.34 Å². The summed E-state index contributed by atoms with van der Waals surface area (Å²) in [5.74, 6) is -0.986. The van der Waals surface area contributed by atoms with Gasteiger partial charge in [-0.15, -0.1) is 0 Å². The number of hydrogen-bond acceptors (Lipinski definition) is 1. The van der Waals surface area contributed by atoms with Gasteiger partial charge >= 0.3 is 6.18 Å². The second-order valence-electron chi connectivity index (χ2n) is 2.49. The zero-order chi connectivity index (χ0) is 9.07. The van der Waals surface area contributed by atoms with E-state index in [4.69, 9.17) is 0 Å². The molecule has 0 aliphatic rings. The second kappa shape index (κ2) is 3.59. The first-order valence-corrected chi connectivity index (χ1v) is 3.17. The van der Waals surface area contributed by atoms with Crippen molar-refractivity contribution >= 4 is 5.91 Å². The van der Waals surface area contributed by atoms with Crippen LogP contribution in [0.1, 0.15) is 15.3 Å². The Morgan fingerprint density at radius 3 is 2.27 bits per heavy atom. The normalized spacial score (nSPS) is 11.8. The van der Waals surface area contributed by atoms with Crippen LogP contribution in [0.25, 0.3) is 0 Å². The van der Waals surface area contributed by atoms with E-state index in [9.17, 15) is 18.0 Å². The van der Waals surface area contributed by atoms with E-state index in [1.54, 1.807) is 5.32 Å². The summed E-state index contributed by atoms with van der Waals surface area (Å²) in [5.41, 5.74) is 0. The second-order valence-corrected chi connectivity index (χ2v) is 2.49. The van der Waals surface area contributed by atoms with Crippen LogP contribution in [0.2, 0.25) is 0 Å². The summed E-state index contributed by atoms with van der Waals surface area (Å²) in [4.78, 5) is 10.6. The highest BCUT2D eigenvalue weighted by atomic mass is 19.4. The van der Waals surface area contributed by atoms with Crippen LogP contribution in [-0.4, -0.2) is 18.6 Å². The first-order chi connectivity index (χ1) is 4.83. The van der Waals surface area contributed by atoms with Gasteiger partial charge in [0.15, 0.2) is 0 Å². The van der Waals surface area contributed by atoms with Crippen molar-refractivity contribution < 1.29 is 19.4 Å². The molecule has 5 heteroatoms. The standard InChI is InChI=1S/C6H10F3NO.H2/c1-4(2)5(11)10-3-6(7,8)9;/h4H,3H2,1-2H3,(H,10,11);1H. The molecule has 0 saturated heterocycles. The maximum atomic E-state index is 11.5. The van der Waals surface area contributed by atoms with Gasteiger partial charge in [-0.2, -0.15) is 13.2 Å². The highest BCUT2D eigenvalue weighted by Crippen LogP contribution is 2.12. The van der Waals surface area contributed by atoms with E-state index < -0.39 is 24.5 Å². The van der Waals surface area contributed by atoms with E-state index >= 15 is 0 Å². The molecular formula is C6H12F3NO. The third kappa shape index (κ3) is 5.69. The first-order valence-electron chi connectivity index (χ1n) is 3.17. The van der Waals surface area contributed by atoms with Gasteiger partial charge in [0.25, 0.3) is 0 Å². The van der Waals surface area contributed by atoms with Crippen LogP contribution < -0.4 is 5.32 Å². The lowest BCUT2D eigenvalue weighted by Gasteiger charge is -2.09. The van der Waals surface area contributed by atoms with Crippen molar-refractivity contribution in [1.29, 1.82) is 0 Å². The number of carbonyl (C=O) groups excluding carboxylic acids is 1. The Bertz CT molecular complexity index is 146. The molecule has 0 aromatic rings. The highest BCUT2D eigenvalue weighted by molar-refractivity contribution is 5.77. The summed E-state index contributed by atoms with van der Waals surface area (Å²) < 4.78 is 34.4. The van der Waals surface area contributed by atoms with Crippen LogP contribution in [0.5, 0.6) is 0 Å². The van der Waals surface area contributed by atoms with Gasteiger partial charge in [0.1, 0.15) is 6.54 Å². The molecule has 1 N–H and O–H groups in total. The Balaban J connectivity index is 0. The van der Waals surface area contributed by atoms with Gasteiger partial charge in [-0.3, -0.25) is 4.79 Å². The quantitative estimate of drug-likeness (QED) is 0.671. The van der Waals surface area contributed by atoms with E-state index in [0.717, 1.165) is 0 Å². The van der Waals surface area contributed by atoms with Crippen LogP contribution in [0.4, 0.5) is 13.2 Å². The summed E-state index contributed by atoms with van der Waals surface area (Å²) in [6.45, 7) is 1.82. The number of nitrogens with one attached hydrogen (secondary N) is 1. The lowest BCUT2D eigenvalue weighted by molar-refractivity contribution is -0.140. The highest BCUT2D eigenvalue weighted by Gasteiger charge is 2.27. The van der Waals surface area contributed by atoms with Crippen molar-refractivity contribution in [2.24, 2.45) is 5.92 Å². The van der Waals surface area contributed by atoms with Gasteiger partial charge < -0.3 is 5.32 Å². The molecule has 0 radical (unpaired) electrons. The lowest BCUT2D eigenvalue weighted by atomic mass is 10.2. The molecule has 0 atom stereocenters. The summed E-state index contributed by atoms with van der Waals surface area (Å²) in [6, 6.07) is 0. The summed E-state index contributed by atoms with van der Waals surface area (Å²) in [5, 5.41) is 1.76. The number of alkyl halides is 3. The van der Waals surface area contributed by atoms with Crippen LogP contribution in [0, 0.1) is 5.92 Å². The van der Waals surface area contributed by atoms with Crippen molar-refractivity contribution in [2.75, 3.05) is 6.54 Å². The Morgan fingerprint density at radius 2 is 2.00 bits per heavy atom. The molecule has 0 spiro atoms. The molecule has 11 heavy (non-hydrogen) atoms. The van der Waals surface area contributed by atoms with Crippen molar-refractivity contribution in [3.05, 3.63) is 0 Å². The molecule has 0 heterocycles. The van der Waals surface area contributed by atoms with Gasteiger partial charge in [-0.05, 0) is 0 Å². The third-order valence-electron chi connectivity index (χ3n) is 0.987. The van der Waals surface area contributed by atoms with E-state index in [0.29, 0.717) is 0 Å². The number of rotatable bonds is 2. The molecule has 1 amide bonds. The fourth-order valence-electron chi connectivity index (χ4n) is 0.391. The summed E-state index contributed by atoms with van der Waals surface area (Å²) in [6.07, 6.45) is -4.31. The lowest BCUT2D eigenvalue weighted by Crippen LogP contribution is -2.36. The van der Waals surface area contributed by atoms with E-state index in [2.05, 4.69) is 0 Å². The number of halogens is 3. The summed E-state index contributed by atoms with van der Waals surface area (Å²) >= 11 is 0. The Hall–Kier alpha value is -0.740. The van der Waals surface area contributed by atoms with Crippen molar-refractivity contribution in [3.8, 4) is 0 Å². The van der Waals surface area contributed by atoms with Crippen LogP contribution in [0.3, 0.4) is 0 Å². The fraction of sp³-hybridized carbons (Fsp3) is 0.833. The molecule has 0 aliphatic carbocycles. The Kier molecular flexibility index (Phi) is 3.35. The first kappa shape index (κ1) is 10.3. The minimum atomic E-state index is -4.31. The maximum Gasteiger partial charge on any atom is 0.405 e. The zero-order valence-corrected chi connectivity index (χ0v) is 6.33. The van der Waals surface area contributed by atoms with E-state index in [1.165, 1.54) is 13.8 Å². The molecule has 0 bridgehead atoms. The number of amides is 1. The van der Waals surface area contributed by atoms with Gasteiger partial charge in [0.2, 0.25) is 5.91 Å². The van der Waals surface area contributed by atoms with Gasteiger partial charge in [-0.1, -0.05) is 13.8 Å². The molecule has 0 aromatic heterocycles. The Labute approximate surface area is 64.3 Å². The number of carbonyl (C=O) groups is 1. The van der Waals surface area contributed by atoms with Crippen molar-refractivity contribution in [3.63, 3.8) is 0 Å². The molecule has 68 valence electrons. The molecule has 0 rings (SSSR count). The van der Waals surface area contributed by atoms with Crippen LogP contribution in [0.15, 0.2) is 0 Å². The number of hydrogen-bond donors (Lipinski definition) is 1. The largest absolute Gasteiger partial charge is 0.405 e. The van der Waals surface area contributed by atoms with Crippen LogP contribution >= 0.6 is 0 Å². The minimum Gasteiger partial charge on any atom is -0.347 e. The monoisotopic (exact) mass is 171 g/mol. The molecule has 0 fully saturated rings. The third-order valence-corrected chi connectivity index (χ3v) is 0.987. The van der Waals surface area contributed by atoms with Gasteiger partial charge in [-0.25, -0.2) is 0 Å². The predicted octanol–water partition coefficient (Wildman–Crippen LogP) is 1.57. The van der Waals surface area contributed by atoms with Crippen LogP contribution in [-0.2, 0) is 4.79 Å². The molecule has 0 aliphatic heterocycles.